The van der Waals surface area contributed by atoms with Crippen molar-refractivity contribution >= 4 is 32.7 Å². The number of carbonyl (C=O) groups excluding carboxylic acids is 1. The molecule has 0 fully saturated rings. The first-order valence-corrected chi connectivity index (χ1v) is 10.2. The maximum atomic E-state index is 12.8. The van der Waals surface area contributed by atoms with E-state index < -0.39 is 0 Å². The summed E-state index contributed by atoms with van der Waals surface area (Å²) in [4.78, 5) is 17.2. The van der Waals surface area contributed by atoms with Crippen LogP contribution in [0.25, 0.3) is 10.9 Å². The van der Waals surface area contributed by atoms with Gasteiger partial charge in [-0.05, 0) is 61.9 Å². The monoisotopic (exact) mass is 448 g/mol. The molecule has 0 bridgehead atoms. The highest BCUT2D eigenvalue weighted by Gasteiger charge is 2.15. The number of aromatic nitrogens is 3. The highest BCUT2D eigenvalue weighted by atomic mass is 79.9. The zero-order valence-corrected chi connectivity index (χ0v) is 17.8. The summed E-state index contributed by atoms with van der Waals surface area (Å²) >= 11 is 3.44. The molecule has 0 aliphatic heterocycles. The molecule has 1 amide bonds. The van der Waals surface area contributed by atoms with Crippen molar-refractivity contribution < 1.29 is 4.79 Å². The van der Waals surface area contributed by atoms with Gasteiger partial charge in [-0.2, -0.15) is 5.10 Å². The van der Waals surface area contributed by atoms with Crippen molar-refractivity contribution in [2.75, 3.05) is 0 Å². The van der Waals surface area contributed by atoms with Crippen LogP contribution in [-0.4, -0.2) is 20.7 Å². The van der Waals surface area contributed by atoms with E-state index >= 15 is 0 Å². The van der Waals surface area contributed by atoms with E-state index in [1.54, 1.807) is 6.20 Å². The van der Waals surface area contributed by atoms with E-state index in [9.17, 15) is 4.79 Å². The van der Waals surface area contributed by atoms with Gasteiger partial charge < -0.3 is 5.32 Å². The highest BCUT2D eigenvalue weighted by Crippen LogP contribution is 2.22. The standard InChI is InChI=1S/C23H21BrN4O/c1-15(17-6-9-19(24)10-7-17)26-23(29)18-8-11-22-21(13-18)16(2)27-28(22)14-20-5-3-4-12-25-20/h3-13,15H,14H2,1-2H3,(H,26,29). The molecule has 4 aromatic rings. The number of benzene rings is 2. The van der Waals surface area contributed by atoms with E-state index in [-0.39, 0.29) is 11.9 Å². The number of aryl methyl sites for hydroxylation is 1. The molecule has 1 N–H and O–H groups in total. The van der Waals surface area contributed by atoms with Gasteiger partial charge in [0, 0.05) is 21.6 Å². The quantitative estimate of drug-likeness (QED) is 0.464. The molecule has 2 aromatic carbocycles. The first kappa shape index (κ1) is 19.3. The first-order valence-electron chi connectivity index (χ1n) is 9.44. The average molecular weight is 449 g/mol. The van der Waals surface area contributed by atoms with Gasteiger partial charge in [-0.1, -0.05) is 34.1 Å². The lowest BCUT2D eigenvalue weighted by atomic mass is 10.1. The molecule has 5 nitrogen and oxygen atoms in total. The summed E-state index contributed by atoms with van der Waals surface area (Å²) < 4.78 is 2.95. The minimum Gasteiger partial charge on any atom is -0.346 e. The molecule has 1 atom stereocenters. The third-order valence-electron chi connectivity index (χ3n) is 4.95. The number of hydrogen-bond acceptors (Lipinski definition) is 3. The summed E-state index contributed by atoms with van der Waals surface area (Å²) in [6, 6.07) is 19.4. The maximum absolute atomic E-state index is 12.8. The third kappa shape index (κ3) is 4.22. The summed E-state index contributed by atoms with van der Waals surface area (Å²) in [6.07, 6.45) is 1.78. The lowest BCUT2D eigenvalue weighted by Gasteiger charge is -2.14. The molecule has 2 aromatic heterocycles. The normalized spacial score (nSPS) is 12.1. The minimum absolute atomic E-state index is 0.0840. The van der Waals surface area contributed by atoms with E-state index in [4.69, 9.17) is 0 Å². The summed E-state index contributed by atoms with van der Waals surface area (Å²) in [6.45, 7) is 4.54. The van der Waals surface area contributed by atoms with Crippen molar-refractivity contribution in [1.29, 1.82) is 0 Å². The molecule has 0 aliphatic rings. The molecule has 0 saturated carbocycles. The van der Waals surface area contributed by atoms with Crippen LogP contribution in [-0.2, 0) is 6.54 Å². The zero-order valence-electron chi connectivity index (χ0n) is 16.3. The molecule has 6 heteroatoms. The predicted molar refractivity (Wildman–Crippen MR) is 118 cm³/mol. The second-order valence-electron chi connectivity index (χ2n) is 7.04. The molecule has 0 spiro atoms. The first-order chi connectivity index (χ1) is 14.0. The Kier molecular flexibility index (Phi) is 5.45. The number of nitrogens with one attached hydrogen (secondary N) is 1. The van der Waals surface area contributed by atoms with E-state index in [1.165, 1.54) is 0 Å². The second kappa shape index (κ2) is 8.17. The number of amides is 1. The Morgan fingerprint density at radius 2 is 1.93 bits per heavy atom. The Bertz CT molecular complexity index is 1150. The smallest absolute Gasteiger partial charge is 0.251 e. The van der Waals surface area contributed by atoms with Crippen LogP contribution < -0.4 is 5.32 Å². The highest BCUT2D eigenvalue weighted by molar-refractivity contribution is 9.10. The van der Waals surface area contributed by atoms with Gasteiger partial charge in [0.15, 0.2) is 0 Å². The fourth-order valence-corrected chi connectivity index (χ4v) is 3.63. The van der Waals surface area contributed by atoms with Crippen LogP contribution in [0.2, 0.25) is 0 Å². The van der Waals surface area contributed by atoms with Gasteiger partial charge in [0.1, 0.15) is 0 Å². The van der Waals surface area contributed by atoms with Gasteiger partial charge in [0.25, 0.3) is 5.91 Å². The molecule has 0 saturated heterocycles. The van der Waals surface area contributed by atoms with Gasteiger partial charge in [-0.3, -0.25) is 14.5 Å². The Labute approximate surface area is 177 Å². The summed E-state index contributed by atoms with van der Waals surface area (Å²) in [5.74, 6) is -0.0980. The van der Waals surface area contributed by atoms with Crippen molar-refractivity contribution in [2.24, 2.45) is 0 Å². The van der Waals surface area contributed by atoms with E-state index in [1.807, 2.05) is 79.2 Å². The van der Waals surface area contributed by atoms with Crippen LogP contribution in [0.1, 0.15) is 40.3 Å². The third-order valence-corrected chi connectivity index (χ3v) is 5.48. The van der Waals surface area contributed by atoms with Crippen molar-refractivity contribution in [3.8, 4) is 0 Å². The van der Waals surface area contributed by atoms with Crippen molar-refractivity contribution in [2.45, 2.75) is 26.4 Å². The van der Waals surface area contributed by atoms with Crippen molar-refractivity contribution in [3.05, 3.63) is 93.8 Å². The van der Waals surface area contributed by atoms with E-state index in [0.29, 0.717) is 12.1 Å². The number of hydrogen-bond donors (Lipinski definition) is 1. The largest absolute Gasteiger partial charge is 0.346 e. The molecule has 2 heterocycles. The fraction of sp³-hybridized carbons (Fsp3) is 0.174. The van der Waals surface area contributed by atoms with Gasteiger partial charge in [-0.25, -0.2) is 0 Å². The molecule has 4 rings (SSSR count). The summed E-state index contributed by atoms with van der Waals surface area (Å²) in [5, 5.41) is 8.69. The topological polar surface area (TPSA) is 59.8 Å². The molecule has 0 radical (unpaired) electrons. The molecule has 1 unspecified atom stereocenters. The number of fused-ring (bicyclic) bond motifs is 1. The maximum Gasteiger partial charge on any atom is 0.251 e. The minimum atomic E-state index is -0.0980. The Hall–Kier alpha value is -2.99. The second-order valence-corrected chi connectivity index (χ2v) is 7.96. The SMILES string of the molecule is Cc1nn(Cc2ccccn2)c2ccc(C(=O)NC(C)c3ccc(Br)cc3)cc12. The van der Waals surface area contributed by atoms with Gasteiger partial charge in [0.05, 0.1) is 29.5 Å². The van der Waals surface area contributed by atoms with Gasteiger partial charge in [-0.15, -0.1) is 0 Å². The average Bonchev–Trinajstić information content (AvgIpc) is 3.04. The number of pyridine rings is 1. The lowest BCUT2D eigenvalue weighted by molar-refractivity contribution is 0.0940. The van der Waals surface area contributed by atoms with Crippen LogP contribution in [0.15, 0.2) is 71.3 Å². The summed E-state index contributed by atoms with van der Waals surface area (Å²) in [5.41, 5.74) is 4.52. The zero-order chi connectivity index (χ0) is 20.4. The number of rotatable bonds is 5. The Morgan fingerprint density at radius 1 is 1.14 bits per heavy atom. The predicted octanol–water partition coefficient (Wildman–Crippen LogP) is 5.04. The van der Waals surface area contributed by atoms with Gasteiger partial charge >= 0.3 is 0 Å². The molecule has 146 valence electrons. The number of carbonyl (C=O) groups is 1. The van der Waals surface area contributed by atoms with Gasteiger partial charge in [0.2, 0.25) is 0 Å². The van der Waals surface area contributed by atoms with E-state index in [0.717, 1.165) is 32.3 Å². The molecular formula is C23H21BrN4O. The van der Waals surface area contributed by atoms with Crippen LogP contribution >= 0.6 is 15.9 Å². The van der Waals surface area contributed by atoms with Crippen LogP contribution in [0.3, 0.4) is 0 Å². The Balaban J connectivity index is 1.56. The van der Waals surface area contributed by atoms with E-state index in [2.05, 4.69) is 31.3 Å². The van der Waals surface area contributed by atoms with Crippen LogP contribution in [0.5, 0.6) is 0 Å². The number of nitrogens with zero attached hydrogens (tertiary/aromatic N) is 3. The summed E-state index contributed by atoms with van der Waals surface area (Å²) in [7, 11) is 0. The molecular weight excluding hydrogens is 428 g/mol. The number of halogens is 1. The van der Waals surface area contributed by atoms with Crippen molar-refractivity contribution in [1.82, 2.24) is 20.1 Å². The molecule has 0 aliphatic carbocycles. The lowest BCUT2D eigenvalue weighted by Crippen LogP contribution is -2.26. The Morgan fingerprint density at radius 3 is 2.66 bits per heavy atom. The fourth-order valence-electron chi connectivity index (χ4n) is 3.36. The molecule has 29 heavy (non-hydrogen) atoms. The van der Waals surface area contributed by atoms with Crippen LogP contribution in [0, 0.1) is 6.92 Å². The van der Waals surface area contributed by atoms with Crippen molar-refractivity contribution in [3.63, 3.8) is 0 Å². The van der Waals surface area contributed by atoms with Crippen LogP contribution in [0.4, 0.5) is 0 Å².